The van der Waals surface area contributed by atoms with Gasteiger partial charge in [-0.1, -0.05) is 60.7 Å². The SMILES string of the molecule is Cc1ccccc1NC(=O)COc1cc(N(C)C)ccc1C=Nn1c(-c2ccccc2)nc2ccccc2c1=O. The van der Waals surface area contributed by atoms with Gasteiger partial charge < -0.3 is 15.0 Å². The van der Waals surface area contributed by atoms with Crippen LogP contribution in [0.2, 0.25) is 0 Å². The largest absolute Gasteiger partial charge is 0.483 e. The van der Waals surface area contributed by atoms with Crippen molar-refractivity contribution in [3.8, 4) is 17.1 Å². The van der Waals surface area contributed by atoms with Crippen LogP contribution in [0.15, 0.2) is 107 Å². The number of nitrogens with zero attached hydrogens (tertiary/aromatic N) is 4. The zero-order chi connectivity index (χ0) is 28.1. The van der Waals surface area contributed by atoms with Crippen LogP contribution in [-0.4, -0.2) is 42.5 Å². The maximum Gasteiger partial charge on any atom is 0.282 e. The minimum absolute atomic E-state index is 0.196. The van der Waals surface area contributed by atoms with Crippen molar-refractivity contribution in [1.82, 2.24) is 9.66 Å². The lowest BCUT2D eigenvalue weighted by atomic mass is 10.2. The molecule has 0 saturated heterocycles. The van der Waals surface area contributed by atoms with Gasteiger partial charge in [-0.25, -0.2) is 4.98 Å². The predicted octanol–water partition coefficient (Wildman–Crippen LogP) is 5.34. The van der Waals surface area contributed by atoms with E-state index in [-0.39, 0.29) is 18.1 Å². The smallest absolute Gasteiger partial charge is 0.282 e. The number of para-hydroxylation sites is 2. The number of hydrogen-bond acceptors (Lipinski definition) is 6. The van der Waals surface area contributed by atoms with Gasteiger partial charge in [0.1, 0.15) is 5.75 Å². The molecule has 0 radical (unpaired) electrons. The Labute approximate surface area is 232 Å². The standard InChI is InChI=1S/C32H29N5O3/c1-22-11-7-9-15-27(22)34-30(38)21-40-29-19-25(36(2)3)18-17-24(29)20-33-37-31(23-12-5-4-6-13-23)35-28-16-10-8-14-26(28)32(37)39/h4-20H,21H2,1-3H3,(H,34,38). The van der Waals surface area contributed by atoms with E-state index >= 15 is 0 Å². The maximum atomic E-state index is 13.5. The van der Waals surface area contributed by atoms with Crippen LogP contribution in [0.1, 0.15) is 11.1 Å². The van der Waals surface area contributed by atoms with Crippen LogP contribution < -0.4 is 20.5 Å². The molecule has 0 spiro atoms. The van der Waals surface area contributed by atoms with Crippen molar-refractivity contribution in [3.63, 3.8) is 0 Å². The molecule has 0 aliphatic carbocycles. The quantitative estimate of drug-likeness (QED) is 0.273. The van der Waals surface area contributed by atoms with Gasteiger partial charge in [-0.3, -0.25) is 9.59 Å². The first-order valence-corrected chi connectivity index (χ1v) is 12.8. The van der Waals surface area contributed by atoms with Crippen LogP contribution in [-0.2, 0) is 4.79 Å². The molecule has 0 aliphatic heterocycles. The van der Waals surface area contributed by atoms with Crippen LogP contribution in [0, 0.1) is 6.92 Å². The molecule has 1 N–H and O–H groups in total. The maximum absolute atomic E-state index is 13.5. The molecule has 1 heterocycles. The molecule has 200 valence electrons. The van der Waals surface area contributed by atoms with E-state index < -0.39 is 0 Å². The van der Waals surface area contributed by atoms with Crippen molar-refractivity contribution in [3.05, 3.63) is 119 Å². The van der Waals surface area contributed by atoms with Crippen molar-refractivity contribution in [2.24, 2.45) is 5.10 Å². The molecule has 4 aromatic carbocycles. The molecular formula is C32H29N5O3. The van der Waals surface area contributed by atoms with Gasteiger partial charge in [0, 0.05) is 42.7 Å². The molecule has 8 heteroatoms. The number of ether oxygens (including phenoxy) is 1. The number of fused-ring (bicyclic) bond motifs is 1. The summed E-state index contributed by atoms with van der Waals surface area (Å²) < 4.78 is 7.27. The Hall–Kier alpha value is -5.24. The Balaban J connectivity index is 1.50. The summed E-state index contributed by atoms with van der Waals surface area (Å²) in [4.78, 5) is 32.9. The number of carbonyl (C=O) groups excluding carboxylic acids is 1. The van der Waals surface area contributed by atoms with Gasteiger partial charge in [0.25, 0.3) is 11.5 Å². The fourth-order valence-corrected chi connectivity index (χ4v) is 4.20. The molecule has 5 aromatic rings. The molecule has 0 unspecified atom stereocenters. The number of anilines is 2. The van der Waals surface area contributed by atoms with E-state index in [1.54, 1.807) is 18.3 Å². The first kappa shape index (κ1) is 26.4. The minimum Gasteiger partial charge on any atom is -0.483 e. The molecule has 8 nitrogen and oxygen atoms in total. The van der Waals surface area contributed by atoms with Gasteiger partial charge in [-0.15, -0.1) is 0 Å². The van der Waals surface area contributed by atoms with E-state index in [1.807, 2.05) is 111 Å². The summed E-state index contributed by atoms with van der Waals surface area (Å²) in [6.45, 7) is 1.73. The highest BCUT2D eigenvalue weighted by atomic mass is 16.5. The fraction of sp³-hybridized carbons (Fsp3) is 0.125. The number of hydrogen-bond donors (Lipinski definition) is 1. The van der Waals surface area contributed by atoms with Gasteiger partial charge in [-0.05, 0) is 42.8 Å². The third-order valence-corrected chi connectivity index (χ3v) is 6.39. The zero-order valence-electron chi connectivity index (χ0n) is 22.5. The summed E-state index contributed by atoms with van der Waals surface area (Å²) in [5.41, 5.74) is 4.25. The minimum atomic E-state index is -0.286. The van der Waals surface area contributed by atoms with Crippen LogP contribution in [0.5, 0.6) is 5.75 Å². The van der Waals surface area contributed by atoms with Crippen LogP contribution >= 0.6 is 0 Å². The normalized spacial score (nSPS) is 11.1. The van der Waals surface area contributed by atoms with E-state index in [0.717, 1.165) is 22.5 Å². The Kier molecular flexibility index (Phi) is 7.68. The fourth-order valence-electron chi connectivity index (χ4n) is 4.20. The molecule has 5 rings (SSSR count). The van der Waals surface area contributed by atoms with Crippen LogP contribution in [0.3, 0.4) is 0 Å². The van der Waals surface area contributed by atoms with Crippen molar-refractivity contribution >= 4 is 34.4 Å². The first-order chi connectivity index (χ1) is 19.4. The molecule has 1 aromatic heterocycles. The Bertz CT molecular complexity index is 1760. The van der Waals surface area contributed by atoms with E-state index in [9.17, 15) is 9.59 Å². The van der Waals surface area contributed by atoms with E-state index in [4.69, 9.17) is 9.72 Å². The molecular weight excluding hydrogens is 502 g/mol. The molecule has 0 fully saturated rings. The summed E-state index contributed by atoms with van der Waals surface area (Å²) >= 11 is 0. The van der Waals surface area contributed by atoms with Crippen molar-refractivity contribution in [2.75, 3.05) is 30.9 Å². The average Bonchev–Trinajstić information content (AvgIpc) is 2.97. The van der Waals surface area contributed by atoms with Gasteiger partial charge in [-0.2, -0.15) is 9.78 Å². The lowest BCUT2D eigenvalue weighted by Crippen LogP contribution is -2.21. The number of benzene rings is 4. The molecule has 40 heavy (non-hydrogen) atoms. The van der Waals surface area contributed by atoms with Crippen LogP contribution in [0.25, 0.3) is 22.3 Å². The molecule has 0 bridgehead atoms. The Morgan fingerprint density at radius 1 is 0.975 bits per heavy atom. The highest BCUT2D eigenvalue weighted by molar-refractivity contribution is 5.93. The zero-order valence-corrected chi connectivity index (χ0v) is 22.5. The number of carbonyl (C=O) groups is 1. The second kappa shape index (κ2) is 11.7. The van der Waals surface area contributed by atoms with Crippen molar-refractivity contribution in [1.29, 1.82) is 0 Å². The third kappa shape index (κ3) is 5.76. The van der Waals surface area contributed by atoms with Crippen molar-refractivity contribution in [2.45, 2.75) is 6.92 Å². The lowest BCUT2D eigenvalue weighted by molar-refractivity contribution is -0.118. The monoisotopic (exact) mass is 531 g/mol. The molecule has 0 saturated carbocycles. The highest BCUT2D eigenvalue weighted by Crippen LogP contribution is 2.25. The topological polar surface area (TPSA) is 88.8 Å². The second-order valence-electron chi connectivity index (χ2n) is 9.45. The number of nitrogens with one attached hydrogen (secondary N) is 1. The lowest BCUT2D eigenvalue weighted by Gasteiger charge is -2.16. The highest BCUT2D eigenvalue weighted by Gasteiger charge is 2.14. The predicted molar refractivity (Wildman–Crippen MR) is 161 cm³/mol. The molecule has 1 amide bonds. The summed E-state index contributed by atoms with van der Waals surface area (Å²) in [6.07, 6.45) is 1.55. The summed E-state index contributed by atoms with van der Waals surface area (Å²) in [7, 11) is 3.84. The Morgan fingerprint density at radius 2 is 1.70 bits per heavy atom. The van der Waals surface area contributed by atoms with Gasteiger partial charge in [0.15, 0.2) is 12.4 Å². The Morgan fingerprint density at radius 3 is 2.48 bits per heavy atom. The summed E-state index contributed by atoms with van der Waals surface area (Å²) in [5.74, 6) is 0.595. The van der Waals surface area contributed by atoms with Crippen LogP contribution in [0.4, 0.5) is 11.4 Å². The summed E-state index contributed by atoms with van der Waals surface area (Å²) in [5, 5.41) is 7.91. The van der Waals surface area contributed by atoms with Gasteiger partial charge >= 0.3 is 0 Å². The number of amides is 1. The van der Waals surface area contributed by atoms with Gasteiger partial charge in [0.2, 0.25) is 0 Å². The average molecular weight is 532 g/mol. The van der Waals surface area contributed by atoms with E-state index in [1.165, 1.54) is 4.68 Å². The molecule has 0 aliphatic rings. The van der Waals surface area contributed by atoms with Crippen molar-refractivity contribution < 1.29 is 9.53 Å². The number of rotatable bonds is 8. The van der Waals surface area contributed by atoms with Gasteiger partial charge in [0.05, 0.1) is 17.1 Å². The third-order valence-electron chi connectivity index (χ3n) is 6.39. The molecule has 0 atom stereocenters. The summed E-state index contributed by atoms with van der Waals surface area (Å²) in [6, 6.07) is 29.8. The second-order valence-corrected chi connectivity index (χ2v) is 9.45. The number of aromatic nitrogens is 2. The first-order valence-electron chi connectivity index (χ1n) is 12.8. The van der Waals surface area contributed by atoms with E-state index in [2.05, 4.69) is 10.4 Å². The van der Waals surface area contributed by atoms with E-state index in [0.29, 0.717) is 28.0 Å². The number of aryl methyl sites for hydroxylation is 1.